The van der Waals surface area contributed by atoms with Gasteiger partial charge >= 0.3 is 0 Å². The van der Waals surface area contributed by atoms with E-state index in [-0.39, 0.29) is 18.5 Å². The normalized spacial score (nSPS) is 13.4. The van der Waals surface area contributed by atoms with Crippen LogP contribution in [0.2, 0.25) is 0 Å². The van der Waals surface area contributed by atoms with Crippen LogP contribution in [-0.4, -0.2) is 21.3 Å². The van der Waals surface area contributed by atoms with E-state index in [0.29, 0.717) is 11.1 Å². The van der Waals surface area contributed by atoms with Crippen LogP contribution < -0.4 is 0 Å². The van der Waals surface area contributed by atoms with Gasteiger partial charge in [-0.2, -0.15) is 0 Å². The van der Waals surface area contributed by atoms with Crippen LogP contribution in [0.4, 0.5) is 0 Å². The molecule has 0 radical (unpaired) electrons. The summed E-state index contributed by atoms with van der Waals surface area (Å²) in [5, 5.41) is 1.08. The van der Waals surface area contributed by atoms with Crippen molar-refractivity contribution in [1.29, 1.82) is 0 Å². The van der Waals surface area contributed by atoms with E-state index in [1.807, 2.05) is 59.2 Å². The minimum absolute atomic E-state index is 0.185. The van der Waals surface area contributed by atoms with Gasteiger partial charge in [0.25, 0.3) is 11.8 Å². The first-order valence-electron chi connectivity index (χ1n) is 8.83. The number of aromatic nitrogens is 1. The summed E-state index contributed by atoms with van der Waals surface area (Å²) in [6.45, 7) is 0.185. The largest absolute Gasteiger partial charge is 0.321 e. The minimum Gasteiger partial charge on any atom is -0.321 e. The maximum Gasteiger partial charge on any atom is 0.263 e. The van der Waals surface area contributed by atoms with E-state index in [1.165, 1.54) is 4.90 Å². The number of hydrogen-bond donors (Lipinski definition) is 0. The highest BCUT2D eigenvalue weighted by Crippen LogP contribution is 2.30. The van der Waals surface area contributed by atoms with Gasteiger partial charge in [0.2, 0.25) is 0 Å². The first kappa shape index (κ1) is 15.6. The van der Waals surface area contributed by atoms with Gasteiger partial charge in [0.05, 0.1) is 22.3 Å². The van der Waals surface area contributed by atoms with Gasteiger partial charge in [-0.3, -0.25) is 14.5 Å². The maximum atomic E-state index is 12.8. The van der Waals surface area contributed by atoms with Crippen molar-refractivity contribution in [3.05, 3.63) is 96.1 Å². The molecular formula is C23H16N2O2. The third-order valence-corrected chi connectivity index (χ3v) is 5.04. The lowest BCUT2D eigenvalue weighted by atomic mass is 10.1. The zero-order chi connectivity index (χ0) is 18.4. The molecule has 1 aliphatic heterocycles. The SMILES string of the molecule is O=C1c2ccccc2C(=O)N1Cn1c(-c2ccccc2)cc2ccccc21. The van der Waals surface area contributed by atoms with E-state index in [4.69, 9.17) is 0 Å². The highest BCUT2D eigenvalue weighted by Gasteiger charge is 2.35. The second-order valence-corrected chi connectivity index (χ2v) is 6.61. The summed E-state index contributed by atoms with van der Waals surface area (Å²) in [6.07, 6.45) is 0. The number of rotatable bonds is 3. The first-order chi connectivity index (χ1) is 13.2. The molecule has 1 aliphatic rings. The summed E-state index contributed by atoms with van der Waals surface area (Å²) < 4.78 is 2.03. The van der Waals surface area contributed by atoms with Gasteiger partial charge in [0.1, 0.15) is 6.67 Å². The van der Waals surface area contributed by atoms with Crippen LogP contribution >= 0.6 is 0 Å². The van der Waals surface area contributed by atoms with Gasteiger partial charge in [-0.25, -0.2) is 0 Å². The molecule has 4 nitrogen and oxygen atoms in total. The fraction of sp³-hybridized carbons (Fsp3) is 0.0435. The zero-order valence-electron chi connectivity index (χ0n) is 14.5. The molecular weight excluding hydrogens is 336 g/mol. The third kappa shape index (κ3) is 2.38. The van der Waals surface area contributed by atoms with Gasteiger partial charge in [-0.15, -0.1) is 0 Å². The molecule has 0 saturated carbocycles. The van der Waals surface area contributed by atoms with Crippen molar-refractivity contribution in [2.75, 3.05) is 0 Å². The fourth-order valence-electron chi connectivity index (χ4n) is 3.72. The third-order valence-electron chi connectivity index (χ3n) is 5.04. The Hall–Kier alpha value is -3.66. The molecule has 130 valence electrons. The van der Waals surface area contributed by atoms with Gasteiger partial charge in [-0.05, 0) is 29.8 Å². The first-order valence-corrected chi connectivity index (χ1v) is 8.83. The maximum absolute atomic E-state index is 12.8. The monoisotopic (exact) mass is 352 g/mol. The predicted octanol–water partition coefficient (Wildman–Crippen LogP) is 4.56. The zero-order valence-corrected chi connectivity index (χ0v) is 14.5. The molecule has 1 aromatic heterocycles. The molecule has 2 amide bonds. The van der Waals surface area contributed by atoms with E-state index in [1.54, 1.807) is 24.3 Å². The molecule has 4 aromatic rings. The lowest BCUT2D eigenvalue weighted by molar-refractivity contribution is 0.0610. The van der Waals surface area contributed by atoms with Crippen LogP contribution in [0, 0.1) is 0 Å². The summed E-state index contributed by atoms with van der Waals surface area (Å²) in [5.74, 6) is -0.486. The van der Waals surface area contributed by atoms with Gasteiger partial charge < -0.3 is 4.57 Å². The molecule has 5 rings (SSSR count). The van der Waals surface area contributed by atoms with Crippen molar-refractivity contribution in [1.82, 2.24) is 9.47 Å². The Bertz CT molecular complexity index is 1160. The van der Waals surface area contributed by atoms with E-state index in [0.717, 1.165) is 22.2 Å². The van der Waals surface area contributed by atoms with Crippen molar-refractivity contribution < 1.29 is 9.59 Å². The average molecular weight is 352 g/mol. The highest BCUT2D eigenvalue weighted by atomic mass is 16.2. The van der Waals surface area contributed by atoms with Gasteiger partial charge in [-0.1, -0.05) is 60.7 Å². The quantitative estimate of drug-likeness (QED) is 0.507. The number of fused-ring (bicyclic) bond motifs is 2. The van der Waals surface area contributed by atoms with Gasteiger partial charge in [0, 0.05) is 5.39 Å². The molecule has 3 aromatic carbocycles. The molecule has 0 bridgehead atoms. The second-order valence-electron chi connectivity index (χ2n) is 6.61. The number of hydrogen-bond acceptors (Lipinski definition) is 2. The number of benzene rings is 3. The topological polar surface area (TPSA) is 42.3 Å². The second kappa shape index (κ2) is 5.95. The molecule has 4 heteroatoms. The van der Waals surface area contributed by atoms with E-state index >= 15 is 0 Å². The molecule has 0 fully saturated rings. The van der Waals surface area contributed by atoms with Crippen molar-refractivity contribution in [2.45, 2.75) is 6.67 Å². The van der Waals surface area contributed by atoms with Crippen LogP contribution in [-0.2, 0) is 6.67 Å². The summed E-state index contributed by atoms with van der Waals surface area (Å²) >= 11 is 0. The van der Waals surface area contributed by atoms with Crippen LogP contribution in [0.25, 0.3) is 22.2 Å². The number of amides is 2. The number of nitrogens with zero attached hydrogens (tertiary/aromatic N) is 2. The highest BCUT2D eigenvalue weighted by molar-refractivity contribution is 6.21. The Morgan fingerprint density at radius 3 is 1.96 bits per heavy atom. The Morgan fingerprint density at radius 1 is 0.667 bits per heavy atom. The molecule has 0 N–H and O–H groups in total. The van der Waals surface area contributed by atoms with E-state index in [9.17, 15) is 9.59 Å². The predicted molar refractivity (Wildman–Crippen MR) is 104 cm³/mol. The van der Waals surface area contributed by atoms with Gasteiger partial charge in [0.15, 0.2) is 0 Å². The Kier molecular flexibility index (Phi) is 3.44. The lowest BCUT2D eigenvalue weighted by Gasteiger charge is -2.18. The summed E-state index contributed by atoms with van der Waals surface area (Å²) in [4.78, 5) is 26.9. The van der Waals surface area contributed by atoms with Crippen molar-refractivity contribution in [2.24, 2.45) is 0 Å². The lowest BCUT2D eigenvalue weighted by Crippen LogP contribution is -2.32. The summed E-state index contributed by atoms with van der Waals surface area (Å²) in [5.41, 5.74) is 3.96. The molecule has 0 aliphatic carbocycles. The van der Waals surface area contributed by atoms with E-state index in [2.05, 4.69) is 6.07 Å². The fourth-order valence-corrected chi connectivity index (χ4v) is 3.72. The molecule has 0 atom stereocenters. The van der Waals surface area contributed by atoms with Crippen molar-refractivity contribution >= 4 is 22.7 Å². The number of para-hydroxylation sites is 1. The molecule has 27 heavy (non-hydrogen) atoms. The van der Waals surface area contributed by atoms with Crippen LogP contribution in [0.1, 0.15) is 20.7 Å². The minimum atomic E-state index is -0.243. The van der Waals surface area contributed by atoms with Crippen LogP contribution in [0.3, 0.4) is 0 Å². The molecule has 0 saturated heterocycles. The van der Waals surface area contributed by atoms with Crippen molar-refractivity contribution in [3.8, 4) is 11.3 Å². The van der Waals surface area contributed by atoms with Crippen LogP contribution in [0.15, 0.2) is 84.9 Å². The number of carbonyl (C=O) groups excluding carboxylic acids is 2. The van der Waals surface area contributed by atoms with Crippen LogP contribution in [0.5, 0.6) is 0 Å². The standard InChI is InChI=1S/C23H16N2O2/c26-22-18-11-5-6-12-19(18)23(27)25(22)15-24-20-13-7-4-10-17(20)14-21(24)16-8-2-1-3-9-16/h1-14H,15H2. The average Bonchev–Trinajstić information content (AvgIpc) is 3.20. The Labute approximate surface area is 156 Å². The number of carbonyl (C=O) groups is 2. The smallest absolute Gasteiger partial charge is 0.263 e. The summed E-state index contributed by atoms with van der Waals surface area (Å²) in [6, 6.07) is 27.1. The molecule has 2 heterocycles. The van der Waals surface area contributed by atoms with Crippen molar-refractivity contribution in [3.63, 3.8) is 0 Å². The van der Waals surface area contributed by atoms with E-state index < -0.39 is 0 Å². The molecule has 0 unspecified atom stereocenters. The Morgan fingerprint density at radius 2 is 1.26 bits per heavy atom. The molecule has 0 spiro atoms. The Balaban J connectivity index is 1.64. The summed E-state index contributed by atoms with van der Waals surface area (Å²) in [7, 11) is 0. The number of imide groups is 1.